The smallest absolute Gasteiger partial charge is 0.258 e. The standard InChI is InChI=1S/C16H18N6O2S/c1-11-4-5-14-17-12(7-15(23)21(14)8-11)10-25-16-18-19-20-22(16)9-13-3-2-6-24-13/h4-5,7-8,13H,2-3,6,9-10H2,1H3. The topological polar surface area (TPSA) is 87.2 Å². The highest BCUT2D eigenvalue weighted by Gasteiger charge is 2.19. The monoisotopic (exact) mass is 358 g/mol. The SMILES string of the molecule is Cc1ccc2nc(CSc3nnnn3CC3CCCO3)cc(=O)n2c1. The molecule has 0 aliphatic carbocycles. The van der Waals surface area contributed by atoms with Crippen molar-refractivity contribution < 1.29 is 4.74 Å². The summed E-state index contributed by atoms with van der Waals surface area (Å²) in [4.78, 5) is 16.8. The Morgan fingerprint density at radius 1 is 1.40 bits per heavy atom. The van der Waals surface area contributed by atoms with E-state index in [0.29, 0.717) is 28.8 Å². The Morgan fingerprint density at radius 3 is 3.16 bits per heavy atom. The number of nitrogens with zero attached hydrogens (tertiary/aromatic N) is 6. The summed E-state index contributed by atoms with van der Waals surface area (Å²) in [5.41, 5.74) is 2.30. The van der Waals surface area contributed by atoms with Crippen molar-refractivity contribution in [1.29, 1.82) is 0 Å². The molecule has 8 nitrogen and oxygen atoms in total. The molecule has 0 radical (unpaired) electrons. The first-order valence-corrected chi connectivity index (χ1v) is 9.17. The van der Waals surface area contributed by atoms with E-state index in [2.05, 4.69) is 20.5 Å². The van der Waals surface area contributed by atoms with E-state index in [-0.39, 0.29) is 11.7 Å². The molecule has 0 aromatic carbocycles. The maximum Gasteiger partial charge on any atom is 0.258 e. The van der Waals surface area contributed by atoms with Crippen LogP contribution in [0.2, 0.25) is 0 Å². The van der Waals surface area contributed by atoms with Crippen LogP contribution >= 0.6 is 11.8 Å². The van der Waals surface area contributed by atoms with Crippen LogP contribution in [0, 0.1) is 6.92 Å². The first-order valence-electron chi connectivity index (χ1n) is 8.18. The van der Waals surface area contributed by atoms with Crippen molar-refractivity contribution in [3.63, 3.8) is 0 Å². The molecule has 0 amide bonds. The van der Waals surface area contributed by atoms with Crippen molar-refractivity contribution in [1.82, 2.24) is 29.6 Å². The van der Waals surface area contributed by atoms with Gasteiger partial charge in [-0.1, -0.05) is 17.8 Å². The van der Waals surface area contributed by atoms with Crippen LogP contribution in [0.4, 0.5) is 0 Å². The van der Waals surface area contributed by atoms with Crippen LogP contribution in [0.15, 0.2) is 34.3 Å². The molecule has 3 aromatic rings. The predicted molar refractivity (Wildman–Crippen MR) is 92.6 cm³/mol. The molecule has 1 unspecified atom stereocenters. The molecule has 4 rings (SSSR count). The van der Waals surface area contributed by atoms with Gasteiger partial charge in [0.05, 0.1) is 18.3 Å². The van der Waals surface area contributed by atoms with Gasteiger partial charge in [0.2, 0.25) is 5.16 Å². The van der Waals surface area contributed by atoms with Gasteiger partial charge in [0.15, 0.2) is 0 Å². The number of ether oxygens (including phenoxy) is 1. The number of pyridine rings is 1. The van der Waals surface area contributed by atoms with Crippen molar-refractivity contribution in [3.8, 4) is 0 Å². The molecule has 9 heteroatoms. The van der Waals surface area contributed by atoms with Crippen molar-refractivity contribution >= 4 is 17.4 Å². The zero-order valence-corrected chi connectivity index (χ0v) is 14.6. The molecule has 1 atom stereocenters. The second kappa shape index (κ2) is 6.93. The molecular formula is C16H18N6O2S. The predicted octanol–water partition coefficient (Wildman–Crippen LogP) is 1.46. The van der Waals surface area contributed by atoms with Gasteiger partial charge in [-0.3, -0.25) is 9.20 Å². The fourth-order valence-electron chi connectivity index (χ4n) is 2.87. The van der Waals surface area contributed by atoms with E-state index in [1.807, 2.05) is 19.1 Å². The van der Waals surface area contributed by atoms with Gasteiger partial charge in [-0.25, -0.2) is 9.67 Å². The number of tetrazole rings is 1. The molecule has 1 saturated heterocycles. The minimum atomic E-state index is -0.0803. The third-order valence-electron chi connectivity index (χ3n) is 4.11. The fraction of sp³-hybridized carbons (Fsp3) is 0.438. The van der Waals surface area contributed by atoms with E-state index in [1.165, 1.54) is 11.8 Å². The van der Waals surface area contributed by atoms with Crippen molar-refractivity contribution in [2.45, 2.75) is 43.3 Å². The summed E-state index contributed by atoms with van der Waals surface area (Å²) in [6, 6.07) is 5.36. The Kier molecular flexibility index (Phi) is 4.50. The highest BCUT2D eigenvalue weighted by atomic mass is 32.2. The molecule has 1 fully saturated rings. The van der Waals surface area contributed by atoms with Crippen LogP contribution in [0.3, 0.4) is 0 Å². The van der Waals surface area contributed by atoms with Crippen LogP contribution in [0.5, 0.6) is 0 Å². The number of hydrogen-bond donors (Lipinski definition) is 0. The van der Waals surface area contributed by atoms with Crippen LogP contribution in [-0.4, -0.2) is 42.3 Å². The number of hydrogen-bond acceptors (Lipinski definition) is 7. The van der Waals surface area contributed by atoms with Crippen LogP contribution in [-0.2, 0) is 17.0 Å². The summed E-state index contributed by atoms with van der Waals surface area (Å²) in [6.07, 6.45) is 4.09. The van der Waals surface area contributed by atoms with Gasteiger partial charge in [-0.2, -0.15) is 0 Å². The Morgan fingerprint density at radius 2 is 2.32 bits per heavy atom. The van der Waals surface area contributed by atoms with E-state index in [1.54, 1.807) is 21.3 Å². The number of fused-ring (bicyclic) bond motifs is 1. The molecule has 25 heavy (non-hydrogen) atoms. The Labute approximate surface area is 148 Å². The zero-order chi connectivity index (χ0) is 17.2. The van der Waals surface area contributed by atoms with Crippen LogP contribution in [0.1, 0.15) is 24.1 Å². The molecule has 0 N–H and O–H groups in total. The Hall–Kier alpha value is -2.26. The lowest BCUT2D eigenvalue weighted by molar-refractivity contribution is 0.0912. The summed E-state index contributed by atoms with van der Waals surface area (Å²) in [7, 11) is 0. The van der Waals surface area contributed by atoms with Crippen LogP contribution in [0.25, 0.3) is 5.65 Å². The minimum Gasteiger partial charge on any atom is -0.376 e. The number of rotatable bonds is 5. The second-order valence-electron chi connectivity index (χ2n) is 6.09. The second-order valence-corrected chi connectivity index (χ2v) is 7.03. The summed E-state index contributed by atoms with van der Waals surface area (Å²) in [5, 5.41) is 12.6. The maximum absolute atomic E-state index is 12.3. The van der Waals surface area contributed by atoms with E-state index >= 15 is 0 Å². The van der Waals surface area contributed by atoms with Gasteiger partial charge in [0, 0.05) is 24.6 Å². The van der Waals surface area contributed by atoms with Crippen molar-refractivity contribution in [2.24, 2.45) is 0 Å². The first kappa shape index (κ1) is 16.2. The van der Waals surface area contributed by atoms with Gasteiger partial charge in [-0.05, 0) is 41.8 Å². The highest BCUT2D eigenvalue weighted by Crippen LogP contribution is 2.21. The lowest BCUT2D eigenvalue weighted by Crippen LogP contribution is -2.17. The van der Waals surface area contributed by atoms with Gasteiger partial charge in [-0.15, -0.1) is 5.10 Å². The number of aromatic nitrogens is 6. The highest BCUT2D eigenvalue weighted by molar-refractivity contribution is 7.98. The third kappa shape index (κ3) is 3.57. The maximum atomic E-state index is 12.3. The summed E-state index contributed by atoms with van der Waals surface area (Å²) in [5.74, 6) is 0.533. The van der Waals surface area contributed by atoms with Gasteiger partial charge >= 0.3 is 0 Å². The summed E-state index contributed by atoms with van der Waals surface area (Å²) >= 11 is 1.47. The van der Waals surface area contributed by atoms with E-state index in [4.69, 9.17) is 4.74 Å². The quantitative estimate of drug-likeness (QED) is 0.638. The fourth-order valence-corrected chi connectivity index (χ4v) is 3.65. The summed E-state index contributed by atoms with van der Waals surface area (Å²) < 4.78 is 8.96. The van der Waals surface area contributed by atoms with Crippen molar-refractivity contribution in [3.05, 3.63) is 46.0 Å². The molecule has 1 aliphatic rings. The Balaban J connectivity index is 1.50. The number of thioether (sulfide) groups is 1. The zero-order valence-electron chi connectivity index (χ0n) is 13.8. The van der Waals surface area contributed by atoms with E-state index < -0.39 is 0 Å². The van der Waals surface area contributed by atoms with Gasteiger partial charge in [0.25, 0.3) is 5.56 Å². The average molecular weight is 358 g/mol. The van der Waals surface area contributed by atoms with Crippen LogP contribution < -0.4 is 5.56 Å². The molecule has 3 aromatic heterocycles. The molecule has 0 bridgehead atoms. The molecule has 0 spiro atoms. The van der Waals surface area contributed by atoms with E-state index in [9.17, 15) is 4.79 Å². The number of aryl methyl sites for hydroxylation is 1. The lowest BCUT2D eigenvalue weighted by Gasteiger charge is -2.10. The minimum absolute atomic E-state index is 0.0803. The Bertz CT molecular complexity index is 947. The summed E-state index contributed by atoms with van der Waals surface area (Å²) in [6.45, 7) is 3.41. The van der Waals surface area contributed by atoms with Gasteiger partial charge in [0.1, 0.15) is 5.65 Å². The molecule has 0 saturated carbocycles. The van der Waals surface area contributed by atoms with Gasteiger partial charge < -0.3 is 4.74 Å². The lowest BCUT2D eigenvalue weighted by atomic mass is 10.2. The molecule has 1 aliphatic heterocycles. The molecular weight excluding hydrogens is 340 g/mol. The largest absolute Gasteiger partial charge is 0.376 e. The van der Waals surface area contributed by atoms with E-state index in [0.717, 1.165) is 25.0 Å². The normalized spacial score (nSPS) is 17.4. The van der Waals surface area contributed by atoms with Crippen molar-refractivity contribution in [2.75, 3.05) is 6.61 Å². The molecule has 4 heterocycles. The third-order valence-corrected chi connectivity index (χ3v) is 5.10. The first-order chi connectivity index (χ1) is 12.2. The molecule has 130 valence electrons. The average Bonchev–Trinajstić information content (AvgIpc) is 3.26.